The van der Waals surface area contributed by atoms with E-state index in [0.29, 0.717) is 23.6 Å². The summed E-state index contributed by atoms with van der Waals surface area (Å²) < 4.78 is 10.8. The van der Waals surface area contributed by atoms with E-state index in [2.05, 4.69) is 0 Å². The number of benzene rings is 2. The number of carbonyl (C=O) groups excluding carboxylic acids is 1. The Kier molecular flexibility index (Phi) is 6.02. The second-order valence-corrected chi connectivity index (χ2v) is 5.38. The van der Waals surface area contributed by atoms with E-state index in [1.54, 1.807) is 36.4 Å². The molecule has 0 saturated carbocycles. The van der Waals surface area contributed by atoms with Crippen LogP contribution >= 0.6 is 11.6 Å². The van der Waals surface area contributed by atoms with E-state index in [9.17, 15) is 4.79 Å². The summed E-state index contributed by atoms with van der Waals surface area (Å²) in [6.45, 7) is 2.31. The van der Waals surface area contributed by atoms with Crippen molar-refractivity contribution < 1.29 is 14.3 Å². The van der Waals surface area contributed by atoms with Gasteiger partial charge >= 0.3 is 5.97 Å². The molecule has 23 heavy (non-hydrogen) atoms. The van der Waals surface area contributed by atoms with Crippen LogP contribution in [0.4, 0.5) is 0 Å². The fraction of sp³-hybridized carbons (Fsp3) is 0.222. The topological polar surface area (TPSA) is 59.3 Å². The Morgan fingerprint density at radius 2 is 2.00 bits per heavy atom. The predicted molar refractivity (Wildman–Crippen MR) is 87.7 cm³/mol. The largest absolute Gasteiger partial charge is 0.493 e. The minimum Gasteiger partial charge on any atom is -0.493 e. The van der Waals surface area contributed by atoms with E-state index >= 15 is 0 Å². The van der Waals surface area contributed by atoms with Crippen molar-refractivity contribution in [1.82, 2.24) is 0 Å². The summed E-state index contributed by atoms with van der Waals surface area (Å²) in [5, 5.41) is 9.61. The van der Waals surface area contributed by atoms with Crippen LogP contribution in [0.5, 0.6) is 11.5 Å². The van der Waals surface area contributed by atoms with Crippen molar-refractivity contribution >= 4 is 17.6 Å². The molecule has 0 heterocycles. The van der Waals surface area contributed by atoms with E-state index in [4.69, 9.17) is 26.3 Å². The molecule has 0 fully saturated rings. The molecule has 2 rings (SSSR count). The number of para-hydroxylation sites is 1. The Morgan fingerprint density at radius 3 is 2.74 bits per heavy atom. The maximum Gasteiger partial charge on any atom is 0.311 e. The average molecular weight is 330 g/mol. The molecule has 4 nitrogen and oxygen atoms in total. The van der Waals surface area contributed by atoms with E-state index in [1.807, 2.05) is 19.1 Å². The fourth-order valence-corrected chi connectivity index (χ4v) is 2.22. The van der Waals surface area contributed by atoms with Gasteiger partial charge in [-0.15, -0.1) is 0 Å². The number of ether oxygens (including phenoxy) is 2. The van der Waals surface area contributed by atoms with E-state index in [0.717, 1.165) is 11.3 Å². The number of aryl methyl sites for hydroxylation is 1. The summed E-state index contributed by atoms with van der Waals surface area (Å²) in [6, 6.07) is 14.0. The summed E-state index contributed by atoms with van der Waals surface area (Å²) in [5.74, 6) is 0.649. The summed E-state index contributed by atoms with van der Waals surface area (Å²) in [4.78, 5) is 11.8. The van der Waals surface area contributed by atoms with Gasteiger partial charge in [-0.05, 0) is 49.2 Å². The summed E-state index contributed by atoms with van der Waals surface area (Å²) in [6.07, 6.45) is 0.738. The molecule has 0 atom stereocenters. The highest BCUT2D eigenvalue weighted by Gasteiger charge is 2.09. The van der Waals surface area contributed by atoms with Crippen LogP contribution in [-0.2, 0) is 4.79 Å². The van der Waals surface area contributed by atoms with Crippen LogP contribution in [0.3, 0.4) is 0 Å². The van der Waals surface area contributed by atoms with Gasteiger partial charge in [-0.1, -0.05) is 23.7 Å². The van der Waals surface area contributed by atoms with Crippen LogP contribution in [0.15, 0.2) is 42.5 Å². The average Bonchev–Trinajstić information content (AvgIpc) is 2.53. The number of hydrogen-bond donors (Lipinski definition) is 0. The Morgan fingerprint density at radius 1 is 1.22 bits per heavy atom. The van der Waals surface area contributed by atoms with Crippen molar-refractivity contribution in [3.8, 4) is 17.6 Å². The highest BCUT2D eigenvalue weighted by molar-refractivity contribution is 6.30. The Bertz CT molecular complexity index is 737. The molecule has 2 aromatic rings. The predicted octanol–water partition coefficient (Wildman–Crippen LogP) is 4.28. The minimum atomic E-state index is -0.385. The molecule has 0 unspecified atom stereocenters. The van der Waals surface area contributed by atoms with E-state index < -0.39 is 0 Å². The standard InChI is InChI=1S/C18H16ClNO3/c1-13-11-15(19)8-9-16(13)22-10-4-7-18(21)23-17-6-3-2-5-14(17)12-20/h2-3,5-6,8-9,11H,4,7,10H2,1H3. The molecular formula is C18H16ClNO3. The highest BCUT2D eigenvalue weighted by atomic mass is 35.5. The first-order chi connectivity index (χ1) is 11.1. The molecule has 0 aliphatic heterocycles. The molecule has 0 aliphatic carbocycles. The minimum absolute atomic E-state index is 0.215. The molecule has 0 aromatic heterocycles. The van der Waals surface area contributed by atoms with Crippen molar-refractivity contribution in [3.05, 3.63) is 58.6 Å². The van der Waals surface area contributed by atoms with Gasteiger partial charge in [-0.2, -0.15) is 5.26 Å². The fourth-order valence-electron chi connectivity index (χ4n) is 2.00. The number of rotatable bonds is 6. The first-order valence-corrected chi connectivity index (χ1v) is 7.56. The number of carbonyl (C=O) groups is 1. The highest BCUT2D eigenvalue weighted by Crippen LogP contribution is 2.22. The van der Waals surface area contributed by atoms with Gasteiger partial charge in [-0.25, -0.2) is 0 Å². The molecule has 0 radical (unpaired) electrons. The zero-order chi connectivity index (χ0) is 16.7. The second kappa shape index (κ2) is 8.21. The lowest BCUT2D eigenvalue weighted by molar-refractivity contribution is -0.134. The molecule has 0 bridgehead atoms. The first-order valence-electron chi connectivity index (χ1n) is 7.19. The first kappa shape index (κ1) is 16.9. The normalized spacial score (nSPS) is 9.96. The number of nitriles is 1. The molecule has 0 spiro atoms. The van der Waals surface area contributed by atoms with Gasteiger partial charge < -0.3 is 9.47 Å². The Balaban J connectivity index is 1.78. The third-order valence-electron chi connectivity index (χ3n) is 3.15. The Labute approximate surface area is 140 Å². The van der Waals surface area contributed by atoms with Gasteiger partial charge in [0.25, 0.3) is 0 Å². The third-order valence-corrected chi connectivity index (χ3v) is 3.39. The monoisotopic (exact) mass is 329 g/mol. The molecule has 0 aliphatic rings. The lowest BCUT2D eigenvalue weighted by atomic mass is 10.2. The molecule has 0 N–H and O–H groups in total. The quantitative estimate of drug-likeness (QED) is 0.451. The number of halogens is 1. The van der Waals surface area contributed by atoms with Gasteiger partial charge in [0, 0.05) is 11.4 Å². The van der Waals surface area contributed by atoms with Crippen molar-refractivity contribution in [3.63, 3.8) is 0 Å². The van der Waals surface area contributed by atoms with Gasteiger partial charge in [0.1, 0.15) is 17.6 Å². The van der Waals surface area contributed by atoms with Crippen LogP contribution in [0.25, 0.3) is 0 Å². The summed E-state index contributed by atoms with van der Waals surface area (Å²) in [5.41, 5.74) is 1.29. The smallest absolute Gasteiger partial charge is 0.311 e. The number of nitrogens with zero attached hydrogens (tertiary/aromatic N) is 1. The van der Waals surface area contributed by atoms with Gasteiger partial charge in [0.15, 0.2) is 0 Å². The zero-order valence-electron chi connectivity index (χ0n) is 12.7. The molecule has 5 heteroatoms. The molecule has 0 amide bonds. The van der Waals surface area contributed by atoms with E-state index in [-0.39, 0.29) is 18.1 Å². The van der Waals surface area contributed by atoms with Gasteiger partial charge in [-0.3, -0.25) is 4.79 Å². The van der Waals surface area contributed by atoms with Crippen LogP contribution in [0.2, 0.25) is 5.02 Å². The van der Waals surface area contributed by atoms with Gasteiger partial charge in [0.2, 0.25) is 0 Å². The number of esters is 1. The van der Waals surface area contributed by atoms with Crippen molar-refractivity contribution in [2.24, 2.45) is 0 Å². The van der Waals surface area contributed by atoms with Crippen LogP contribution < -0.4 is 9.47 Å². The maximum absolute atomic E-state index is 11.8. The lowest BCUT2D eigenvalue weighted by Crippen LogP contribution is -2.10. The summed E-state index contributed by atoms with van der Waals surface area (Å²) >= 11 is 5.88. The molecular weight excluding hydrogens is 314 g/mol. The van der Waals surface area contributed by atoms with Crippen molar-refractivity contribution in [2.75, 3.05) is 6.61 Å². The SMILES string of the molecule is Cc1cc(Cl)ccc1OCCCC(=O)Oc1ccccc1C#N. The van der Waals surface area contributed by atoms with Crippen LogP contribution in [0, 0.1) is 18.3 Å². The van der Waals surface area contributed by atoms with Crippen molar-refractivity contribution in [1.29, 1.82) is 5.26 Å². The summed E-state index contributed by atoms with van der Waals surface area (Å²) in [7, 11) is 0. The van der Waals surface area contributed by atoms with Crippen LogP contribution in [0.1, 0.15) is 24.0 Å². The van der Waals surface area contributed by atoms with Crippen molar-refractivity contribution in [2.45, 2.75) is 19.8 Å². The lowest BCUT2D eigenvalue weighted by Gasteiger charge is -2.09. The number of hydrogen-bond acceptors (Lipinski definition) is 4. The Hall–Kier alpha value is -2.51. The van der Waals surface area contributed by atoms with Gasteiger partial charge in [0.05, 0.1) is 12.2 Å². The third kappa shape index (κ3) is 5.01. The second-order valence-electron chi connectivity index (χ2n) is 4.94. The molecule has 118 valence electrons. The van der Waals surface area contributed by atoms with Crippen LogP contribution in [-0.4, -0.2) is 12.6 Å². The zero-order valence-corrected chi connectivity index (χ0v) is 13.5. The molecule has 2 aromatic carbocycles. The maximum atomic E-state index is 11.8. The molecule has 0 saturated heterocycles. The van der Waals surface area contributed by atoms with E-state index in [1.165, 1.54) is 0 Å².